The van der Waals surface area contributed by atoms with E-state index in [1.54, 1.807) is 0 Å². The first-order chi connectivity index (χ1) is 7.38. The number of likely N-dealkylation sites (tertiary alicyclic amines) is 1. The minimum Gasteiger partial charge on any atom is -0.384 e. The summed E-state index contributed by atoms with van der Waals surface area (Å²) >= 11 is 0. The second kappa shape index (κ2) is 5.83. The molecule has 15 heavy (non-hydrogen) atoms. The maximum absolute atomic E-state index is 5.22. The molecular weight excluding hydrogens is 188 g/mol. The van der Waals surface area contributed by atoms with Crippen LogP contribution in [0, 0.1) is 5.92 Å². The zero-order valence-electron chi connectivity index (χ0n) is 9.87. The summed E-state index contributed by atoms with van der Waals surface area (Å²) in [6.45, 7) is 5.98. The first-order valence-corrected chi connectivity index (χ1v) is 6.33. The molecule has 2 heterocycles. The van der Waals surface area contributed by atoms with Gasteiger partial charge in [0.1, 0.15) is 0 Å². The molecule has 0 radical (unpaired) electrons. The van der Waals surface area contributed by atoms with E-state index in [-0.39, 0.29) is 0 Å². The molecule has 0 bridgehead atoms. The highest BCUT2D eigenvalue weighted by atomic mass is 16.5. The van der Waals surface area contributed by atoms with Gasteiger partial charge in [0, 0.05) is 26.3 Å². The third kappa shape index (κ3) is 3.44. The van der Waals surface area contributed by atoms with Crippen molar-refractivity contribution in [3.63, 3.8) is 0 Å². The standard InChI is InChI=1S/C12H24N2O/c1-15-10-11-4-7-14(8-5-11)9-12-3-2-6-13-12/h11-13H,2-10H2,1H3/t12-/m1/s1. The van der Waals surface area contributed by atoms with Crippen molar-refractivity contribution in [2.75, 3.05) is 39.9 Å². The second-order valence-corrected chi connectivity index (χ2v) is 4.99. The molecule has 2 saturated heterocycles. The van der Waals surface area contributed by atoms with Crippen LogP contribution in [-0.2, 0) is 4.74 Å². The SMILES string of the molecule is COCC1CCN(C[C@H]2CCCN2)CC1. The molecular formula is C12H24N2O. The number of methoxy groups -OCH3 is 1. The molecule has 88 valence electrons. The molecule has 0 unspecified atom stereocenters. The number of piperidine rings is 1. The average molecular weight is 212 g/mol. The molecule has 3 heteroatoms. The minimum atomic E-state index is 0.768. The maximum atomic E-state index is 5.22. The van der Waals surface area contributed by atoms with Gasteiger partial charge < -0.3 is 15.0 Å². The van der Waals surface area contributed by atoms with Crippen LogP contribution in [-0.4, -0.2) is 50.8 Å². The van der Waals surface area contributed by atoms with Crippen molar-refractivity contribution in [3.8, 4) is 0 Å². The molecule has 0 amide bonds. The van der Waals surface area contributed by atoms with Gasteiger partial charge in [0.05, 0.1) is 0 Å². The van der Waals surface area contributed by atoms with Gasteiger partial charge in [0.25, 0.3) is 0 Å². The van der Waals surface area contributed by atoms with E-state index in [1.165, 1.54) is 51.9 Å². The number of ether oxygens (including phenoxy) is 1. The van der Waals surface area contributed by atoms with Crippen molar-refractivity contribution in [1.82, 2.24) is 10.2 Å². The van der Waals surface area contributed by atoms with Gasteiger partial charge in [-0.1, -0.05) is 0 Å². The highest BCUT2D eigenvalue weighted by Gasteiger charge is 2.22. The van der Waals surface area contributed by atoms with Crippen molar-refractivity contribution < 1.29 is 4.74 Å². The van der Waals surface area contributed by atoms with E-state index >= 15 is 0 Å². The van der Waals surface area contributed by atoms with Gasteiger partial charge in [0.15, 0.2) is 0 Å². The molecule has 0 spiro atoms. The van der Waals surface area contributed by atoms with Crippen molar-refractivity contribution in [3.05, 3.63) is 0 Å². The van der Waals surface area contributed by atoms with Crippen LogP contribution in [0.3, 0.4) is 0 Å². The lowest BCUT2D eigenvalue weighted by atomic mass is 9.97. The molecule has 2 rings (SSSR count). The first-order valence-electron chi connectivity index (χ1n) is 6.33. The van der Waals surface area contributed by atoms with Crippen LogP contribution in [0.1, 0.15) is 25.7 Å². The molecule has 3 nitrogen and oxygen atoms in total. The van der Waals surface area contributed by atoms with Gasteiger partial charge in [-0.25, -0.2) is 0 Å². The Balaban J connectivity index is 1.64. The van der Waals surface area contributed by atoms with Crippen LogP contribution < -0.4 is 5.32 Å². The molecule has 0 aromatic heterocycles. The van der Waals surface area contributed by atoms with Crippen LogP contribution in [0.2, 0.25) is 0 Å². The summed E-state index contributed by atoms with van der Waals surface area (Å²) in [5.74, 6) is 0.808. The topological polar surface area (TPSA) is 24.5 Å². The molecule has 0 aromatic carbocycles. The summed E-state index contributed by atoms with van der Waals surface area (Å²) in [6, 6.07) is 0.768. The Morgan fingerprint density at radius 2 is 2.07 bits per heavy atom. The Morgan fingerprint density at radius 1 is 1.27 bits per heavy atom. The van der Waals surface area contributed by atoms with E-state index in [2.05, 4.69) is 10.2 Å². The summed E-state index contributed by atoms with van der Waals surface area (Å²) in [7, 11) is 1.81. The number of hydrogen-bond donors (Lipinski definition) is 1. The molecule has 2 fully saturated rings. The average Bonchev–Trinajstić information content (AvgIpc) is 2.74. The molecule has 1 atom stereocenters. The molecule has 0 saturated carbocycles. The summed E-state index contributed by atoms with van der Waals surface area (Å²) in [4.78, 5) is 2.62. The molecule has 0 aliphatic carbocycles. The van der Waals surface area contributed by atoms with Gasteiger partial charge in [-0.3, -0.25) is 0 Å². The zero-order chi connectivity index (χ0) is 10.5. The van der Waals surface area contributed by atoms with Gasteiger partial charge in [-0.2, -0.15) is 0 Å². The Hall–Kier alpha value is -0.120. The van der Waals surface area contributed by atoms with Crippen LogP contribution >= 0.6 is 0 Å². The second-order valence-electron chi connectivity index (χ2n) is 4.99. The van der Waals surface area contributed by atoms with Gasteiger partial charge in [0.2, 0.25) is 0 Å². The maximum Gasteiger partial charge on any atom is 0.0491 e. The van der Waals surface area contributed by atoms with Crippen LogP contribution in [0.15, 0.2) is 0 Å². The third-order valence-electron chi connectivity index (χ3n) is 3.75. The van der Waals surface area contributed by atoms with E-state index in [4.69, 9.17) is 4.74 Å². The van der Waals surface area contributed by atoms with Crippen molar-refractivity contribution in [1.29, 1.82) is 0 Å². The van der Waals surface area contributed by atoms with Crippen LogP contribution in [0.5, 0.6) is 0 Å². The predicted octanol–water partition coefficient (Wildman–Crippen LogP) is 1.10. The van der Waals surface area contributed by atoms with E-state index < -0.39 is 0 Å². The van der Waals surface area contributed by atoms with Gasteiger partial charge in [-0.05, 0) is 51.2 Å². The third-order valence-corrected chi connectivity index (χ3v) is 3.75. The van der Waals surface area contributed by atoms with Crippen LogP contribution in [0.25, 0.3) is 0 Å². The highest BCUT2D eigenvalue weighted by Crippen LogP contribution is 2.18. The quantitative estimate of drug-likeness (QED) is 0.755. The summed E-state index contributed by atoms with van der Waals surface area (Å²) in [5.41, 5.74) is 0. The number of rotatable bonds is 4. The predicted molar refractivity (Wildman–Crippen MR) is 62.1 cm³/mol. The van der Waals surface area contributed by atoms with Crippen molar-refractivity contribution >= 4 is 0 Å². The van der Waals surface area contributed by atoms with Crippen LogP contribution in [0.4, 0.5) is 0 Å². The number of nitrogens with one attached hydrogen (secondary N) is 1. The smallest absolute Gasteiger partial charge is 0.0491 e. The minimum absolute atomic E-state index is 0.768. The molecule has 1 N–H and O–H groups in total. The monoisotopic (exact) mass is 212 g/mol. The first kappa shape index (κ1) is 11.4. The Kier molecular flexibility index (Phi) is 4.42. The summed E-state index contributed by atoms with van der Waals surface area (Å²) in [6.07, 6.45) is 5.38. The van der Waals surface area contributed by atoms with E-state index in [9.17, 15) is 0 Å². The van der Waals surface area contributed by atoms with Crippen molar-refractivity contribution in [2.24, 2.45) is 5.92 Å². The lowest BCUT2D eigenvalue weighted by Crippen LogP contribution is -2.42. The van der Waals surface area contributed by atoms with E-state index in [1.807, 2.05) is 7.11 Å². The number of nitrogens with zero attached hydrogens (tertiary/aromatic N) is 1. The molecule has 2 aliphatic rings. The highest BCUT2D eigenvalue weighted by molar-refractivity contribution is 4.80. The fourth-order valence-electron chi connectivity index (χ4n) is 2.80. The molecule has 2 aliphatic heterocycles. The lowest BCUT2D eigenvalue weighted by molar-refractivity contribution is 0.0962. The van der Waals surface area contributed by atoms with Gasteiger partial charge >= 0.3 is 0 Å². The fraction of sp³-hybridized carbons (Fsp3) is 1.00. The fourth-order valence-corrected chi connectivity index (χ4v) is 2.80. The Morgan fingerprint density at radius 3 is 2.67 bits per heavy atom. The normalized spacial score (nSPS) is 29.8. The van der Waals surface area contributed by atoms with Crippen molar-refractivity contribution in [2.45, 2.75) is 31.7 Å². The lowest BCUT2D eigenvalue weighted by Gasteiger charge is -2.33. The van der Waals surface area contributed by atoms with Gasteiger partial charge in [-0.15, -0.1) is 0 Å². The summed E-state index contributed by atoms with van der Waals surface area (Å²) in [5, 5.41) is 3.57. The Labute approximate surface area is 93.2 Å². The zero-order valence-corrected chi connectivity index (χ0v) is 9.87. The Bertz CT molecular complexity index is 172. The number of hydrogen-bond acceptors (Lipinski definition) is 3. The summed E-state index contributed by atoms with van der Waals surface area (Å²) < 4.78 is 5.22. The largest absolute Gasteiger partial charge is 0.384 e. The van der Waals surface area contributed by atoms with E-state index in [0.717, 1.165) is 18.6 Å². The molecule has 0 aromatic rings. The van der Waals surface area contributed by atoms with E-state index in [0.29, 0.717) is 0 Å².